The van der Waals surface area contributed by atoms with Crippen molar-refractivity contribution in [2.24, 2.45) is 25.9 Å². The van der Waals surface area contributed by atoms with E-state index in [1.165, 1.54) is 0 Å². The van der Waals surface area contributed by atoms with Gasteiger partial charge >= 0.3 is 0 Å². The smallest absolute Gasteiger partial charge is 0.272 e. The van der Waals surface area contributed by atoms with Crippen LogP contribution in [0, 0.1) is 11.8 Å². The Morgan fingerprint density at radius 1 is 0.506 bits per heavy atom. The van der Waals surface area contributed by atoms with Crippen molar-refractivity contribution in [3.63, 3.8) is 0 Å². The summed E-state index contributed by atoms with van der Waals surface area (Å²) in [5, 5.41) is 18.4. The Balaban J connectivity index is 0.881. The molecule has 7 heterocycles. The van der Waals surface area contributed by atoms with E-state index in [1.807, 2.05) is 9.13 Å². The highest BCUT2D eigenvalue weighted by Crippen LogP contribution is 2.25. The van der Waals surface area contributed by atoms with Crippen LogP contribution < -0.4 is 31.9 Å². The van der Waals surface area contributed by atoms with Crippen LogP contribution in [0.5, 0.6) is 0 Å². The minimum atomic E-state index is -0.442. The number of aromatic amines is 1. The predicted molar refractivity (Wildman–Crippen MR) is 297 cm³/mol. The number of anilines is 4. The molecule has 0 unspecified atom stereocenters. The number of benzene rings is 1. The van der Waals surface area contributed by atoms with Gasteiger partial charge in [-0.05, 0) is 99.1 Å². The number of aryl methyl sites for hydroxylation is 4. The number of ether oxygens (including phenoxy) is 2. The summed E-state index contributed by atoms with van der Waals surface area (Å²) in [6.45, 7) is 18.8. The fourth-order valence-corrected chi connectivity index (χ4v) is 9.45. The summed E-state index contributed by atoms with van der Waals surface area (Å²) in [5.74, 6) is -1.38. The standard InChI is InChI=1S/C56H75N13O8/c1-37(2)11-17-68-35-43(31-49(68)55(74)61-41-29-47(64(5)33-41)53(72)57-13-7-15-66-19-23-76-24-20-66)59-51(70)39-9-10-45-40(27-39)28-46(63-45)52(71)60-44-32-50(69(36-44)18-12-38(3)4)56(75)62-42-30-48(65(6)34-42)54(73)58-14-8-16-67-21-25-77-26-22-67/h9-10,27-38,63H,7-8,11-26H2,1-6H3,(H,57,72)(H,58,73)(H,59,70)(H,60,71)(H,61,74)(H,62,75). The van der Waals surface area contributed by atoms with Crippen LogP contribution in [0.15, 0.2) is 73.3 Å². The van der Waals surface area contributed by atoms with Crippen molar-refractivity contribution in [1.29, 1.82) is 0 Å². The predicted octanol–water partition coefficient (Wildman–Crippen LogP) is 6.45. The first-order valence-electron chi connectivity index (χ1n) is 26.8. The van der Waals surface area contributed by atoms with Crippen molar-refractivity contribution in [2.45, 2.75) is 66.5 Å². The van der Waals surface area contributed by atoms with Gasteiger partial charge in [0.15, 0.2) is 0 Å². The zero-order chi connectivity index (χ0) is 54.6. The summed E-state index contributed by atoms with van der Waals surface area (Å²) in [6.07, 6.45) is 10.1. The van der Waals surface area contributed by atoms with Gasteiger partial charge in [-0.25, -0.2) is 0 Å². The number of fused-ring (bicyclic) bond motifs is 1. The van der Waals surface area contributed by atoms with E-state index in [-0.39, 0.29) is 17.5 Å². The molecule has 2 saturated heterocycles. The fourth-order valence-electron chi connectivity index (χ4n) is 9.45. The van der Waals surface area contributed by atoms with E-state index in [2.05, 4.69) is 74.4 Å². The monoisotopic (exact) mass is 1060 g/mol. The van der Waals surface area contributed by atoms with E-state index in [1.54, 1.807) is 96.5 Å². The molecule has 0 atom stereocenters. The van der Waals surface area contributed by atoms with Crippen LogP contribution in [0.1, 0.15) is 116 Å². The number of amides is 6. The number of carbonyl (C=O) groups is 6. The summed E-state index contributed by atoms with van der Waals surface area (Å²) in [4.78, 5) is 89.2. The number of rotatable bonds is 24. The Bertz CT molecular complexity index is 2870. The van der Waals surface area contributed by atoms with Gasteiger partial charge in [-0.3, -0.25) is 38.6 Å². The largest absolute Gasteiger partial charge is 0.379 e. The number of hydrogen-bond acceptors (Lipinski definition) is 10. The summed E-state index contributed by atoms with van der Waals surface area (Å²) in [7, 11) is 3.51. The van der Waals surface area contributed by atoms with Crippen LogP contribution >= 0.6 is 0 Å². The molecule has 8 rings (SSSR count). The molecule has 77 heavy (non-hydrogen) atoms. The van der Waals surface area contributed by atoms with Crippen LogP contribution in [0.4, 0.5) is 22.7 Å². The lowest BCUT2D eigenvalue weighted by Gasteiger charge is -2.26. The molecule has 0 spiro atoms. The SMILES string of the molecule is CC(C)CCn1cc(NC(=O)c2ccc3[nH]c(C(=O)Nc4cc(C(=O)Nc5cc(C(=O)NCCCN6CCOCC6)n(C)c5)n(CCC(C)C)c4)cc3c2)cc1C(=O)Nc1cc(C(=O)NCCCN2CCOCC2)n(C)c1. The Morgan fingerprint density at radius 3 is 1.40 bits per heavy atom. The zero-order valence-corrected chi connectivity index (χ0v) is 45.3. The fraction of sp³-hybridized carbons (Fsp3) is 0.464. The Labute approximate surface area is 449 Å². The zero-order valence-electron chi connectivity index (χ0n) is 45.3. The first kappa shape index (κ1) is 55.8. The molecule has 21 nitrogen and oxygen atoms in total. The lowest BCUT2D eigenvalue weighted by molar-refractivity contribution is 0.0373. The van der Waals surface area contributed by atoms with Crippen LogP contribution in [-0.4, -0.2) is 147 Å². The van der Waals surface area contributed by atoms with Crippen LogP contribution in [0.25, 0.3) is 10.9 Å². The third kappa shape index (κ3) is 15.1. The highest BCUT2D eigenvalue weighted by atomic mass is 16.5. The summed E-state index contributed by atoms with van der Waals surface area (Å²) < 4.78 is 17.8. The molecule has 2 fully saturated rings. The molecule has 21 heteroatoms. The lowest BCUT2D eigenvalue weighted by Crippen LogP contribution is -2.38. The maximum Gasteiger partial charge on any atom is 0.272 e. The molecule has 0 bridgehead atoms. The van der Waals surface area contributed by atoms with Gasteiger partial charge in [-0.2, -0.15) is 0 Å². The van der Waals surface area contributed by atoms with E-state index in [4.69, 9.17) is 9.47 Å². The molecule has 6 amide bonds. The average molecular weight is 1060 g/mol. The molecule has 0 saturated carbocycles. The van der Waals surface area contributed by atoms with Gasteiger partial charge in [0.05, 0.1) is 49.2 Å². The number of carbonyl (C=O) groups excluding carboxylic acids is 6. The first-order valence-corrected chi connectivity index (χ1v) is 26.8. The van der Waals surface area contributed by atoms with Crippen molar-refractivity contribution in [2.75, 3.05) is 100 Å². The Hall–Kier alpha value is -7.46. The van der Waals surface area contributed by atoms with Gasteiger partial charge in [0.25, 0.3) is 35.4 Å². The number of nitrogens with one attached hydrogen (secondary N) is 7. The van der Waals surface area contributed by atoms with Crippen molar-refractivity contribution < 1.29 is 38.2 Å². The quantitative estimate of drug-likeness (QED) is 0.0327. The van der Waals surface area contributed by atoms with Crippen molar-refractivity contribution >= 4 is 69.1 Å². The summed E-state index contributed by atoms with van der Waals surface area (Å²) in [6, 6.07) is 13.3. The third-order valence-electron chi connectivity index (χ3n) is 13.9. The molecule has 7 N–H and O–H groups in total. The molecule has 1 aromatic carbocycles. The highest BCUT2D eigenvalue weighted by molar-refractivity contribution is 6.11. The van der Waals surface area contributed by atoms with Gasteiger partial charge in [-0.15, -0.1) is 0 Å². The van der Waals surface area contributed by atoms with Crippen molar-refractivity contribution in [1.82, 2.24) is 43.7 Å². The molecule has 6 aromatic rings. The number of nitrogens with zero attached hydrogens (tertiary/aromatic N) is 6. The third-order valence-corrected chi connectivity index (χ3v) is 13.9. The molecule has 0 aliphatic carbocycles. The lowest BCUT2D eigenvalue weighted by atomic mass is 10.1. The van der Waals surface area contributed by atoms with E-state index in [9.17, 15) is 28.8 Å². The summed E-state index contributed by atoms with van der Waals surface area (Å²) in [5.41, 5.74) is 4.51. The summed E-state index contributed by atoms with van der Waals surface area (Å²) >= 11 is 0. The average Bonchev–Trinajstić information content (AvgIpc) is 4.27. The minimum absolute atomic E-state index is 0.229. The number of hydrogen-bond donors (Lipinski definition) is 7. The Kier molecular flexibility index (Phi) is 18.9. The van der Waals surface area contributed by atoms with Gasteiger partial charge in [0, 0.05) is 108 Å². The molecule has 0 radical (unpaired) electrons. The number of H-pyrrole nitrogens is 1. The van der Waals surface area contributed by atoms with Crippen LogP contribution in [-0.2, 0) is 36.7 Å². The molecule has 412 valence electrons. The van der Waals surface area contributed by atoms with Crippen LogP contribution in [0.3, 0.4) is 0 Å². The second-order valence-electron chi connectivity index (χ2n) is 20.9. The van der Waals surface area contributed by atoms with E-state index in [0.29, 0.717) is 100 Å². The van der Waals surface area contributed by atoms with Crippen molar-refractivity contribution in [3.05, 3.63) is 107 Å². The van der Waals surface area contributed by atoms with E-state index >= 15 is 0 Å². The normalized spacial score (nSPS) is 14.3. The first-order chi connectivity index (χ1) is 37.1. The molecular weight excluding hydrogens is 983 g/mol. The Morgan fingerprint density at radius 2 is 0.935 bits per heavy atom. The molecule has 5 aromatic heterocycles. The number of morpholine rings is 2. The van der Waals surface area contributed by atoms with Gasteiger partial charge in [0.2, 0.25) is 0 Å². The van der Waals surface area contributed by atoms with Crippen molar-refractivity contribution in [3.8, 4) is 0 Å². The highest BCUT2D eigenvalue weighted by Gasteiger charge is 2.23. The van der Waals surface area contributed by atoms with E-state index in [0.717, 1.165) is 91.4 Å². The second-order valence-corrected chi connectivity index (χ2v) is 20.9. The van der Waals surface area contributed by atoms with Gasteiger partial charge in [0.1, 0.15) is 28.5 Å². The maximum atomic E-state index is 13.8. The maximum absolute atomic E-state index is 13.8. The molecule has 2 aliphatic rings. The van der Waals surface area contributed by atoms with E-state index < -0.39 is 23.6 Å². The second kappa shape index (κ2) is 26.1. The molecular formula is C56H75N13O8. The number of aromatic nitrogens is 5. The van der Waals surface area contributed by atoms with Gasteiger partial charge < -0.3 is 64.6 Å². The van der Waals surface area contributed by atoms with Gasteiger partial charge in [-0.1, -0.05) is 27.7 Å². The van der Waals surface area contributed by atoms with Crippen LogP contribution in [0.2, 0.25) is 0 Å². The minimum Gasteiger partial charge on any atom is -0.379 e. The molecule has 2 aliphatic heterocycles. The topological polar surface area (TPSA) is 235 Å².